The zero-order chi connectivity index (χ0) is 22.6. The number of rotatable bonds is 16. The van der Waals surface area contributed by atoms with Crippen LogP contribution < -0.4 is 9.47 Å². The molecule has 0 saturated carbocycles. The molecule has 3 aromatic rings. The Morgan fingerprint density at radius 2 is 1.22 bits per heavy atom. The van der Waals surface area contributed by atoms with E-state index in [-0.39, 0.29) is 0 Å². The van der Waals surface area contributed by atoms with Gasteiger partial charge in [0.25, 0.3) is 0 Å². The summed E-state index contributed by atoms with van der Waals surface area (Å²) in [6, 6.07) is 10.4. The number of furan rings is 1. The van der Waals surface area contributed by atoms with E-state index in [1.807, 2.05) is 12.1 Å². The number of hydrogen-bond donors (Lipinski definition) is 0. The molecule has 176 valence electrons. The van der Waals surface area contributed by atoms with Gasteiger partial charge in [0.1, 0.15) is 22.7 Å². The third-order valence-electron chi connectivity index (χ3n) is 6.26. The number of fused-ring (bicyclic) bond motifs is 3. The van der Waals surface area contributed by atoms with Gasteiger partial charge in [-0.2, -0.15) is 0 Å². The molecular weight excluding hydrogens is 396 g/mol. The third-order valence-corrected chi connectivity index (χ3v) is 6.26. The SMILES string of the molecule is CCCCCCCCOc1ccc2oc3cc(C)c(OCCCCCCCC)cc3c2c1. The van der Waals surface area contributed by atoms with E-state index in [1.165, 1.54) is 64.2 Å². The fourth-order valence-electron chi connectivity index (χ4n) is 4.27. The van der Waals surface area contributed by atoms with Gasteiger partial charge in [0, 0.05) is 10.8 Å². The first kappa shape index (κ1) is 24.5. The Kier molecular flexibility index (Phi) is 10.3. The Bertz CT molecular complexity index is 940. The Morgan fingerprint density at radius 3 is 1.91 bits per heavy atom. The Balaban J connectivity index is 1.58. The van der Waals surface area contributed by atoms with Crippen LogP contribution in [0.4, 0.5) is 0 Å². The van der Waals surface area contributed by atoms with Crippen LogP contribution >= 0.6 is 0 Å². The van der Waals surface area contributed by atoms with Gasteiger partial charge in [0.05, 0.1) is 13.2 Å². The van der Waals surface area contributed by atoms with Crippen molar-refractivity contribution in [3.8, 4) is 11.5 Å². The molecule has 0 fully saturated rings. The standard InChI is InChI=1S/C29H42O3/c1-4-6-8-10-12-14-18-30-24-16-17-27-25(21-24)26-22-28(23(3)20-29(26)32-27)31-19-15-13-11-9-7-5-2/h16-17,20-22H,4-15,18-19H2,1-3H3. The highest BCUT2D eigenvalue weighted by molar-refractivity contribution is 6.06. The van der Waals surface area contributed by atoms with Gasteiger partial charge in [0.2, 0.25) is 0 Å². The van der Waals surface area contributed by atoms with Crippen molar-refractivity contribution in [3.05, 3.63) is 35.9 Å². The largest absolute Gasteiger partial charge is 0.494 e. The van der Waals surface area contributed by atoms with Crippen LogP contribution in [0.25, 0.3) is 21.9 Å². The van der Waals surface area contributed by atoms with Crippen LogP contribution in [-0.4, -0.2) is 13.2 Å². The van der Waals surface area contributed by atoms with Gasteiger partial charge in [0.15, 0.2) is 0 Å². The summed E-state index contributed by atoms with van der Waals surface area (Å²) in [5.41, 5.74) is 2.94. The van der Waals surface area contributed by atoms with Crippen LogP contribution in [0.1, 0.15) is 96.5 Å². The maximum Gasteiger partial charge on any atom is 0.135 e. The lowest BCUT2D eigenvalue weighted by molar-refractivity contribution is 0.303. The summed E-state index contributed by atoms with van der Waals surface area (Å²) in [5.74, 6) is 1.89. The highest BCUT2D eigenvalue weighted by Crippen LogP contribution is 2.35. The van der Waals surface area contributed by atoms with Crippen molar-refractivity contribution >= 4 is 21.9 Å². The van der Waals surface area contributed by atoms with Crippen LogP contribution in [0.3, 0.4) is 0 Å². The van der Waals surface area contributed by atoms with Crippen molar-refractivity contribution in [3.63, 3.8) is 0 Å². The minimum atomic E-state index is 0.777. The van der Waals surface area contributed by atoms with Crippen molar-refractivity contribution in [2.75, 3.05) is 13.2 Å². The van der Waals surface area contributed by atoms with Gasteiger partial charge < -0.3 is 13.9 Å². The predicted octanol–water partition coefficient (Wildman–Crippen LogP) is 9.37. The zero-order valence-corrected chi connectivity index (χ0v) is 20.5. The summed E-state index contributed by atoms with van der Waals surface area (Å²) in [6.45, 7) is 8.16. The zero-order valence-electron chi connectivity index (χ0n) is 20.5. The molecule has 1 heterocycles. The van der Waals surface area contributed by atoms with E-state index in [9.17, 15) is 0 Å². The highest BCUT2D eigenvalue weighted by Gasteiger charge is 2.12. The van der Waals surface area contributed by atoms with E-state index >= 15 is 0 Å². The summed E-state index contributed by atoms with van der Waals surface area (Å²) in [5, 5.41) is 2.21. The molecule has 0 spiro atoms. The summed E-state index contributed by atoms with van der Waals surface area (Å²) in [7, 11) is 0. The van der Waals surface area contributed by atoms with Gasteiger partial charge in [-0.25, -0.2) is 0 Å². The van der Waals surface area contributed by atoms with Crippen molar-refractivity contribution in [2.24, 2.45) is 0 Å². The van der Waals surface area contributed by atoms with E-state index in [1.54, 1.807) is 0 Å². The number of aryl methyl sites for hydroxylation is 1. The molecule has 0 aliphatic heterocycles. The van der Waals surface area contributed by atoms with Gasteiger partial charge in [-0.1, -0.05) is 78.1 Å². The fraction of sp³-hybridized carbons (Fsp3) is 0.586. The monoisotopic (exact) mass is 438 g/mol. The lowest BCUT2D eigenvalue weighted by Gasteiger charge is -2.09. The van der Waals surface area contributed by atoms with Gasteiger partial charge in [-0.3, -0.25) is 0 Å². The molecule has 0 aliphatic rings. The Labute approximate surface area is 194 Å². The minimum absolute atomic E-state index is 0.777. The predicted molar refractivity (Wildman–Crippen MR) is 136 cm³/mol. The lowest BCUT2D eigenvalue weighted by atomic mass is 10.1. The van der Waals surface area contributed by atoms with Crippen molar-refractivity contribution in [2.45, 2.75) is 97.8 Å². The first-order valence-corrected chi connectivity index (χ1v) is 13.0. The van der Waals surface area contributed by atoms with Crippen LogP contribution in [0.2, 0.25) is 0 Å². The topological polar surface area (TPSA) is 31.6 Å². The number of unbranched alkanes of at least 4 members (excludes halogenated alkanes) is 10. The molecule has 0 N–H and O–H groups in total. The van der Waals surface area contributed by atoms with E-state index in [0.717, 1.165) is 65.1 Å². The molecule has 0 saturated heterocycles. The van der Waals surface area contributed by atoms with E-state index in [2.05, 4.69) is 39.0 Å². The maximum absolute atomic E-state index is 6.15. The third kappa shape index (κ3) is 7.18. The molecule has 0 atom stereocenters. The summed E-state index contributed by atoms with van der Waals surface area (Å²) >= 11 is 0. The van der Waals surface area contributed by atoms with Crippen molar-refractivity contribution in [1.82, 2.24) is 0 Å². The second kappa shape index (κ2) is 13.4. The smallest absolute Gasteiger partial charge is 0.135 e. The van der Waals surface area contributed by atoms with Crippen LogP contribution in [0.5, 0.6) is 11.5 Å². The first-order valence-electron chi connectivity index (χ1n) is 13.0. The first-order chi connectivity index (χ1) is 15.7. The number of benzene rings is 2. The van der Waals surface area contributed by atoms with Crippen molar-refractivity contribution < 1.29 is 13.9 Å². The second-order valence-corrected chi connectivity index (χ2v) is 9.11. The molecule has 0 unspecified atom stereocenters. The molecule has 0 amide bonds. The minimum Gasteiger partial charge on any atom is -0.494 e. The average molecular weight is 439 g/mol. The molecule has 2 aromatic carbocycles. The maximum atomic E-state index is 6.15. The average Bonchev–Trinajstić information content (AvgIpc) is 3.14. The summed E-state index contributed by atoms with van der Waals surface area (Å²) < 4.78 is 18.3. The van der Waals surface area contributed by atoms with Gasteiger partial charge in [-0.05, 0) is 55.7 Å². The lowest BCUT2D eigenvalue weighted by Crippen LogP contribution is -1.99. The Hall–Kier alpha value is -2.16. The molecule has 3 heteroatoms. The van der Waals surface area contributed by atoms with Crippen LogP contribution in [0.15, 0.2) is 34.7 Å². The molecule has 0 bridgehead atoms. The summed E-state index contributed by atoms with van der Waals surface area (Å²) in [6.07, 6.45) is 15.3. The van der Waals surface area contributed by atoms with Gasteiger partial charge >= 0.3 is 0 Å². The van der Waals surface area contributed by atoms with Crippen LogP contribution in [-0.2, 0) is 0 Å². The molecule has 3 rings (SSSR count). The second-order valence-electron chi connectivity index (χ2n) is 9.11. The molecule has 3 nitrogen and oxygen atoms in total. The van der Waals surface area contributed by atoms with Gasteiger partial charge in [-0.15, -0.1) is 0 Å². The molecule has 0 radical (unpaired) electrons. The quantitative estimate of drug-likeness (QED) is 0.209. The van der Waals surface area contributed by atoms with Crippen molar-refractivity contribution in [1.29, 1.82) is 0 Å². The molecule has 0 aliphatic carbocycles. The molecule has 1 aromatic heterocycles. The number of hydrogen-bond acceptors (Lipinski definition) is 3. The number of ether oxygens (including phenoxy) is 2. The fourth-order valence-corrected chi connectivity index (χ4v) is 4.27. The molecular formula is C29H42O3. The summed E-state index contributed by atoms with van der Waals surface area (Å²) in [4.78, 5) is 0. The normalized spacial score (nSPS) is 11.5. The Morgan fingerprint density at radius 1 is 0.625 bits per heavy atom. The van der Waals surface area contributed by atoms with E-state index in [4.69, 9.17) is 13.9 Å². The highest BCUT2D eigenvalue weighted by atomic mass is 16.5. The van der Waals surface area contributed by atoms with E-state index in [0.29, 0.717) is 0 Å². The van der Waals surface area contributed by atoms with E-state index < -0.39 is 0 Å². The van der Waals surface area contributed by atoms with Crippen LogP contribution in [0, 0.1) is 6.92 Å². The molecule has 32 heavy (non-hydrogen) atoms.